The van der Waals surface area contributed by atoms with Crippen molar-refractivity contribution < 1.29 is 19.1 Å². The van der Waals surface area contributed by atoms with E-state index in [1.54, 1.807) is 13.2 Å². The average Bonchev–Trinajstić information content (AvgIpc) is 3.58. The Bertz CT molecular complexity index is 1410. The van der Waals surface area contributed by atoms with Crippen molar-refractivity contribution in [1.82, 2.24) is 9.97 Å². The number of nitrogens with zero attached hydrogens (tertiary/aromatic N) is 2. The van der Waals surface area contributed by atoms with Crippen molar-refractivity contribution in [2.24, 2.45) is 0 Å². The van der Waals surface area contributed by atoms with Gasteiger partial charge in [-0.1, -0.05) is 37.3 Å². The van der Waals surface area contributed by atoms with E-state index in [4.69, 9.17) is 19.4 Å². The molecular formula is C31H33N3O4. The number of ketones is 1. The van der Waals surface area contributed by atoms with E-state index in [0.29, 0.717) is 42.3 Å². The molecule has 0 spiro atoms. The highest BCUT2D eigenvalue weighted by atomic mass is 16.5. The molecule has 196 valence electrons. The Hall–Kier alpha value is -4.00. The van der Waals surface area contributed by atoms with Gasteiger partial charge in [0.15, 0.2) is 5.78 Å². The van der Waals surface area contributed by atoms with Crippen LogP contribution in [0.4, 0.5) is 5.69 Å². The first-order valence-electron chi connectivity index (χ1n) is 13.3. The number of nitrogens with one attached hydrogen (secondary N) is 1. The van der Waals surface area contributed by atoms with Crippen molar-refractivity contribution in [3.63, 3.8) is 0 Å². The van der Waals surface area contributed by atoms with E-state index in [1.165, 1.54) is 6.92 Å². The van der Waals surface area contributed by atoms with Gasteiger partial charge in [0.1, 0.15) is 17.7 Å². The fraction of sp³-hybridized carbons (Fsp3) is 0.355. The summed E-state index contributed by atoms with van der Waals surface area (Å²) < 4.78 is 12.1. The maximum atomic E-state index is 12.2. The molecule has 0 radical (unpaired) electrons. The van der Waals surface area contributed by atoms with E-state index in [9.17, 15) is 9.59 Å². The zero-order chi connectivity index (χ0) is 26.6. The number of amides is 1. The highest BCUT2D eigenvalue weighted by molar-refractivity contribution is 5.96. The molecule has 3 aromatic rings. The van der Waals surface area contributed by atoms with Gasteiger partial charge in [0.2, 0.25) is 11.8 Å². The molecule has 38 heavy (non-hydrogen) atoms. The normalized spacial score (nSPS) is 14.7. The van der Waals surface area contributed by atoms with Gasteiger partial charge in [0.25, 0.3) is 0 Å². The summed E-state index contributed by atoms with van der Waals surface area (Å²) in [5.74, 6) is 1.90. The lowest BCUT2D eigenvalue weighted by Gasteiger charge is -2.18. The molecule has 2 aliphatic carbocycles. The molecule has 0 aliphatic heterocycles. The number of carbonyl (C=O) groups excluding carboxylic acids is 2. The number of allylic oxidation sites excluding steroid dienone is 1. The lowest BCUT2D eigenvalue weighted by Crippen LogP contribution is -2.15. The molecule has 0 unspecified atom stereocenters. The zero-order valence-electron chi connectivity index (χ0n) is 22.2. The summed E-state index contributed by atoms with van der Waals surface area (Å²) in [5.41, 5.74) is 6.17. The lowest BCUT2D eigenvalue weighted by atomic mass is 10.0. The van der Waals surface area contributed by atoms with Crippen molar-refractivity contribution in [2.75, 3.05) is 12.4 Å². The number of rotatable bonds is 9. The monoisotopic (exact) mass is 511 g/mol. The largest absolute Gasteiger partial charge is 0.496 e. The van der Waals surface area contributed by atoms with Gasteiger partial charge in [-0.2, -0.15) is 4.98 Å². The van der Waals surface area contributed by atoms with Gasteiger partial charge in [0.05, 0.1) is 18.4 Å². The molecule has 1 amide bonds. The van der Waals surface area contributed by atoms with Crippen LogP contribution in [0.3, 0.4) is 0 Å². The maximum absolute atomic E-state index is 12.2. The van der Waals surface area contributed by atoms with Crippen LogP contribution >= 0.6 is 0 Å². The van der Waals surface area contributed by atoms with Crippen molar-refractivity contribution in [3.8, 4) is 11.6 Å². The van der Waals surface area contributed by atoms with Crippen LogP contribution in [0.1, 0.15) is 84.5 Å². The Morgan fingerprint density at radius 2 is 1.89 bits per heavy atom. The highest BCUT2D eigenvalue weighted by Crippen LogP contribution is 2.40. The molecule has 7 heteroatoms. The summed E-state index contributed by atoms with van der Waals surface area (Å²) >= 11 is 0. The van der Waals surface area contributed by atoms with E-state index in [1.807, 2.05) is 43.3 Å². The van der Waals surface area contributed by atoms with Gasteiger partial charge < -0.3 is 14.8 Å². The maximum Gasteiger partial charge on any atom is 0.225 e. The number of fused-ring (bicyclic) bond motifs is 1. The number of hydrogen-bond acceptors (Lipinski definition) is 6. The standard InChI is InChI=1S/C31H33N3O4/c1-4-27(36)21-12-13-22(28(17-21)37-3)18-29-33-26-15-14-25(20-8-7-9-23(16-20)32-19(2)35)30(26)31(34-29)38-24-10-5-6-11-24/h7-9,12-14,16-17,24H,4-6,10-11,15,18H2,1-3H3,(H,32,35). The van der Waals surface area contributed by atoms with E-state index in [0.717, 1.165) is 59.3 Å². The number of benzene rings is 2. The van der Waals surface area contributed by atoms with Crippen LogP contribution in [0.15, 0.2) is 48.5 Å². The van der Waals surface area contributed by atoms with Crippen molar-refractivity contribution in [3.05, 3.63) is 82.3 Å². The van der Waals surface area contributed by atoms with Gasteiger partial charge >= 0.3 is 0 Å². The minimum absolute atomic E-state index is 0.0806. The second kappa shape index (κ2) is 11.2. The molecule has 0 atom stereocenters. The third-order valence-corrected chi connectivity index (χ3v) is 7.12. The first kappa shape index (κ1) is 25.6. The van der Waals surface area contributed by atoms with Gasteiger partial charge in [-0.15, -0.1) is 0 Å². The minimum atomic E-state index is -0.108. The Morgan fingerprint density at radius 1 is 1.08 bits per heavy atom. The first-order chi connectivity index (χ1) is 18.4. The van der Waals surface area contributed by atoms with Crippen molar-refractivity contribution in [2.45, 2.75) is 64.9 Å². The summed E-state index contributed by atoms with van der Waals surface area (Å²) in [5, 5.41) is 2.87. The summed E-state index contributed by atoms with van der Waals surface area (Å²) in [6, 6.07) is 13.4. The molecule has 1 aromatic heterocycles. The predicted octanol–water partition coefficient (Wildman–Crippen LogP) is 5.94. The number of aromatic nitrogens is 2. The van der Waals surface area contributed by atoms with Crippen LogP contribution in [-0.2, 0) is 17.6 Å². The highest BCUT2D eigenvalue weighted by Gasteiger charge is 2.28. The van der Waals surface area contributed by atoms with Crippen LogP contribution in [0.5, 0.6) is 11.6 Å². The predicted molar refractivity (Wildman–Crippen MR) is 147 cm³/mol. The summed E-state index contributed by atoms with van der Waals surface area (Å²) in [4.78, 5) is 33.7. The van der Waals surface area contributed by atoms with E-state index in [2.05, 4.69) is 11.4 Å². The second-order valence-corrected chi connectivity index (χ2v) is 9.86. The quantitative estimate of drug-likeness (QED) is 0.358. The molecule has 0 saturated heterocycles. The van der Waals surface area contributed by atoms with Crippen molar-refractivity contribution >= 4 is 23.0 Å². The zero-order valence-corrected chi connectivity index (χ0v) is 22.2. The Balaban J connectivity index is 1.51. The van der Waals surface area contributed by atoms with Gasteiger partial charge in [0, 0.05) is 43.0 Å². The molecule has 7 nitrogen and oxygen atoms in total. The van der Waals surface area contributed by atoms with Crippen LogP contribution in [-0.4, -0.2) is 34.9 Å². The molecule has 2 aromatic carbocycles. The molecule has 5 rings (SSSR count). The molecular weight excluding hydrogens is 478 g/mol. The Kier molecular flexibility index (Phi) is 7.54. The third-order valence-electron chi connectivity index (χ3n) is 7.12. The summed E-state index contributed by atoms with van der Waals surface area (Å²) in [7, 11) is 1.61. The van der Waals surface area contributed by atoms with Crippen LogP contribution in [0, 0.1) is 0 Å². The molecule has 1 fully saturated rings. The fourth-order valence-corrected chi connectivity index (χ4v) is 5.25. The molecule has 1 saturated carbocycles. The van der Waals surface area contributed by atoms with Gasteiger partial charge in [-0.3, -0.25) is 9.59 Å². The summed E-state index contributed by atoms with van der Waals surface area (Å²) in [6.45, 7) is 3.36. The van der Waals surface area contributed by atoms with E-state index in [-0.39, 0.29) is 17.8 Å². The van der Waals surface area contributed by atoms with E-state index >= 15 is 0 Å². The van der Waals surface area contributed by atoms with Crippen molar-refractivity contribution in [1.29, 1.82) is 0 Å². The fourth-order valence-electron chi connectivity index (χ4n) is 5.25. The number of anilines is 1. The smallest absolute Gasteiger partial charge is 0.225 e. The van der Waals surface area contributed by atoms with Crippen LogP contribution < -0.4 is 14.8 Å². The topological polar surface area (TPSA) is 90.4 Å². The SMILES string of the molecule is CCC(=O)c1ccc(Cc2nc3c(c(OC4CCCC4)n2)C(c2cccc(NC(C)=O)c2)=CC3)c(OC)c1. The van der Waals surface area contributed by atoms with Crippen LogP contribution in [0.2, 0.25) is 0 Å². The average molecular weight is 512 g/mol. The van der Waals surface area contributed by atoms with Crippen LogP contribution in [0.25, 0.3) is 5.57 Å². The van der Waals surface area contributed by atoms with Gasteiger partial charge in [-0.25, -0.2) is 4.98 Å². The number of methoxy groups -OCH3 is 1. The molecule has 1 heterocycles. The van der Waals surface area contributed by atoms with E-state index < -0.39 is 0 Å². The lowest BCUT2D eigenvalue weighted by molar-refractivity contribution is -0.114. The second-order valence-electron chi connectivity index (χ2n) is 9.86. The van der Waals surface area contributed by atoms with Gasteiger partial charge in [-0.05, 0) is 55.0 Å². The number of carbonyl (C=O) groups is 2. The number of hydrogen-bond donors (Lipinski definition) is 1. The summed E-state index contributed by atoms with van der Waals surface area (Å²) in [6.07, 6.45) is 8.24. The number of Topliss-reactive ketones (excluding diaryl/α,β-unsaturated/α-hetero) is 1. The molecule has 0 bridgehead atoms. The minimum Gasteiger partial charge on any atom is -0.496 e. The molecule has 2 aliphatic rings. The third kappa shape index (κ3) is 5.47. The molecule has 1 N–H and O–H groups in total. The number of ether oxygens (including phenoxy) is 2. The Labute approximate surface area is 223 Å². The first-order valence-corrected chi connectivity index (χ1v) is 13.3. The Morgan fingerprint density at radius 3 is 2.63 bits per heavy atom.